The number of H-pyrrole nitrogens is 1. The van der Waals surface area contributed by atoms with Gasteiger partial charge < -0.3 is 15.0 Å². The van der Waals surface area contributed by atoms with Crippen LogP contribution in [0.1, 0.15) is 36.7 Å². The molecule has 1 saturated heterocycles. The molecule has 12 nitrogen and oxygen atoms in total. The predicted octanol–water partition coefficient (Wildman–Crippen LogP) is 4.13. The number of tetrazole rings is 1. The van der Waals surface area contributed by atoms with Gasteiger partial charge in [-0.1, -0.05) is 11.6 Å². The van der Waals surface area contributed by atoms with E-state index in [2.05, 4.69) is 30.5 Å². The Hall–Kier alpha value is -4.79. The van der Waals surface area contributed by atoms with Crippen molar-refractivity contribution in [3.8, 4) is 16.9 Å². The van der Waals surface area contributed by atoms with E-state index in [1.165, 1.54) is 34.1 Å². The Morgan fingerprint density at radius 2 is 2.00 bits per heavy atom. The highest BCUT2D eigenvalue weighted by Crippen LogP contribution is 2.44. The Morgan fingerprint density at radius 1 is 1.18 bits per heavy atom. The van der Waals surface area contributed by atoms with Crippen LogP contribution >= 0.6 is 11.6 Å². The third kappa shape index (κ3) is 4.23. The average Bonchev–Trinajstić information content (AvgIpc) is 3.67. The molecule has 2 aliphatic heterocycles. The normalized spacial score (nSPS) is 18.6. The number of carbonyl (C=O) groups is 2. The molecule has 2 atom stereocenters. The van der Waals surface area contributed by atoms with E-state index in [4.69, 9.17) is 16.7 Å². The van der Waals surface area contributed by atoms with Crippen LogP contribution in [0.25, 0.3) is 22.5 Å². The summed E-state index contributed by atoms with van der Waals surface area (Å²) >= 11 is 6.06. The number of carbonyl (C=O) groups excluding carboxylic acids is 1. The van der Waals surface area contributed by atoms with Crippen LogP contribution in [-0.4, -0.2) is 63.2 Å². The number of benzene rings is 1. The first-order valence-corrected chi connectivity index (χ1v) is 12.3. The van der Waals surface area contributed by atoms with Gasteiger partial charge in [-0.25, -0.2) is 23.5 Å². The van der Waals surface area contributed by atoms with E-state index in [-0.39, 0.29) is 40.1 Å². The molecule has 0 aliphatic carbocycles. The van der Waals surface area contributed by atoms with Crippen LogP contribution in [0.4, 0.5) is 23.8 Å². The summed E-state index contributed by atoms with van der Waals surface area (Å²) in [5.74, 6) is -3.79. The summed E-state index contributed by atoms with van der Waals surface area (Å²) in [5, 5.41) is 21.6. The molecule has 204 valence electrons. The molecule has 16 heteroatoms. The quantitative estimate of drug-likeness (QED) is 0.323. The minimum atomic E-state index is -1.54. The van der Waals surface area contributed by atoms with E-state index in [0.29, 0.717) is 24.1 Å². The van der Waals surface area contributed by atoms with E-state index in [1.54, 1.807) is 6.07 Å². The first kappa shape index (κ1) is 25.5. The summed E-state index contributed by atoms with van der Waals surface area (Å²) in [4.78, 5) is 36.1. The molecule has 0 bridgehead atoms. The van der Waals surface area contributed by atoms with E-state index in [1.807, 2.05) is 5.32 Å². The second kappa shape index (κ2) is 9.75. The van der Waals surface area contributed by atoms with Crippen molar-refractivity contribution >= 4 is 35.0 Å². The van der Waals surface area contributed by atoms with Gasteiger partial charge in [0, 0.05) is 29.4 Å². The Balaban J connectivity index is 1.33. The van der Waals surface area contributed by atoms with Crippen molar-refractivity contribution in [2.75, 3.05) is 5.32 Å². The third-order valence-corrected chi connectivity index (χ3v) is 7.17. The largest absolute Gasteiger partial charge is 0.465 e. The summed E-state index contributed by atoms with van der Waals surface area (Å²) in [6.45, 7) is 0. The molecular formula is C24H17ClF3N9O3. The third-order valence-electron chi connectivity index (χ3n) is 6.88. The van der Waals surface area contributed by atoms with E-state index in [0.717, 1.165) is 6.20 Å². The van der Waals surface area contributed by atoms with Crippen LogP contribution in [0.15, 0.2) is 36.8 Å². The molecule has 4 aromatic rings. The maximum Gasteiger partial charge on any atom is 0.410 e. The van der Waals surface area contributed by atoms with Gasteiger partial charge in [-0.3, -0.25) is 10.1 Å². The molecule has 0 spiro atoms. The fraction of sp³-hybridized carbons (Fsp3) is 0.208. The van der Waals surface area contributed by atoms with Gasteiger partial charge in [-0.05, 0) is 53.5 Å². The zero-order valence-electron chi connectivity index (χ0n) is 20.1. The number of anilines is 1. The van der Waals surface area contributed by atoms with Crippen LogP contribution in [0.3, 0.4) is 0 Å². The molecule has 2 aliphatic rings. The highest BCUT2D eigenvalue weighted by molar-refractivity contribution is 6.31. The van der Waals surface area contributed by atoms with Crippen LogP contribution in [-0.2, 0) is 4.79 Å². The number of amides is 2. The van der Waals surface area contributed by atoms with Gasteiger partial charge in [0.15, 0.2) is 17.5 Å². The SMILES string of the molecule is O=C(O)Nc1nccc(-c2[nH]c([C@@H]3CC[C@@H]4CC(c5c(-n6cnnn6)ccc(Cl)c5F)=CC(=O)N43)nc2F)c1F. The van der Waals surface area contributed by atoms with E-state index in [9.17, 15) is 18.4 Å². The molecule has 0 saturated carbocycles. The number of carboxylic acid groups (broad SMARTS) is 1. The van der Waals surface area contributed by atoms with Crippen molar-refractivity contribution < 1.29 is 27.9 Å². The first-order chi connectivity index (χ1) is 19.2. The maximum atomic E-state index is 15.3. The fourth-order valence-corrected chi connectivity index (χ4v) is 5.39. The first-order valence-electron chi connectivity index (χ1n) is 11.9. The Morgan fingerprint density at radius 3 is 2.75 bits per heavy atom. The lowest BCUT2D eigenvalue weighted by atomic mass is 9.92. The monoisotopic (exact) mass is 571 g/mol. The second-order valence-electron chi connectivity index (χ2n) is 9.12. The van der Waals surface area contributed by atoms with Crippen molar-refractivity contribution in [3.63, 3.8) is 0 Å². The van der Waals surface area contributed by atoms with Crippen molar-refractivity contribution in [1.29, 1.82) is 0 Å². The van der Waals surface area contributed by atoms with Gasteiger partial charge in [-0.15, -0.1) is 5.10 Å². The zero-order chi connectivity index (χ0) is 28.1. The zero-order valence-corrected chi connectivity index (χ0v) is 20.9. The summed E-state index contributed by atoms with van der Waals surface area (Å²) in [6, 6.07) is 3.06. The fourth-order valence-electron chi connectivity index (χ4n) is 5.24. The van der Waals surface area contributed by atoms with Crippen LogP contribution in [0.2, 0.25) is 5.02 Å². The maximum absolute atomic E-state index is 15.3. The van der Waals surface area contributed by atoms with Gasteiger partial charge in [0.25, 0.3) is 0 Å². The van der Waals surface area contributed by atoms with E-state index >= 15 is 4.39 Å². The van der Waals surface area contributed by atoms with Crippen LogP contribution in [0.5, 0.6) is 0 Å². The average molecular weight is 572 g/mol. The molecule has 5 heterocycles. The number of nitrogens with one attached hydrogen (secondary N) is 2. The number of fused-ring (bicyclic) bond motifs is 1. The van der Waals surface area contributed by atoms with Crippen molar-refractivity contribution in [2.45, 2.75) is 31.3 Å². The summed E-state index contributed by atoms with van der Waals surface area (Å²) in [6.07, 6.45) is 3.36. The topological polar surface area (TPSA) is 155 Å². The lowest BCUT2D eigenvalue weighted by Gasteiger charge is -2.33. The van der Waals surface area contributed by atoms with Crippen LogP contribution < -0.4 is 5.32 Å². The molecule has 1 fully saturated rings. The smallest absolute Gasteiger partial charge is 0.410 e. The highest BCUT2D eigenvalue weighted by atomic mass is 35.5. The molecule has 1 aromatic carbocycles. The van der Waals surface area contributed by atoms with E-state index < -0.39 is 41.4 Å². The summed E-state index contributed by atoms with van der Waals surface area (Å²) in [7, 11) is 0. The number of aromatic amines is 1. The molecule has 2 amide bonds. The Bertz CT molecular complexity index is 1690. The standard InChI is InChI=1S/C24H17ClF3N9O3/c25-13-2-4-14(36-9-30-34-35-36)17(19(13)27)10-7-11-1-3-15(37(11)16(38)8-10)22-31-20(21(28)32-22)12-5-6-29-23(18(12)26)33-24(39)40/h2,4-6,8-9,11,15H,1,3,7H2,(H,29,33)(H,31,32)(H,39,40)/t11-,15+/m1/s1. The number of nitrogens with zero attached hydrogens (tertiary/aromatic N) is 7. The minimum absolute atomic E-state index is 0.0903. The molecule has 6 rings (SSSR count). The number of imidazole rings is 1. The minimum Gasteiger partial charge on any atom is -0.465 e. The van der Waals surface area contributed by atoms with Gasteiger partial charge in [0.2, 0.25) is 11.9 Å². The number of hydrogen-bond donors (Lipinski definition) is 3. The molecular weight excluding hydrogens is 555 g/mol. The van der Waals surface area contributed by atoms with Crippen LogP contribution in [0, 0.1) is 17.6 Å². The molecule has 3 N–H and O–H groups in total. The van der Waals surface area contributed by atoms with Crippen molar-refractivity contribution in [1.82, 2.24) is 40.1 Å². The lowest BCUT2D eigenvalue weighted by Crippen LogP contribution is -2.39. The molecule has 3 aromatic heterocycles. The lowest BCUT2D eigenvalue weighted by molar-refractivity contribution is -0.129. The van der Waals surface area contributed by atoms with Gasteiger partial charge >= 0.3 is 6.09 Å². The Kier molecular flexibility index (Phi) is 6.21. The number of halogens is 4. The molecule has 40 heavy (non-hydrogen) atoms. The highest BCUT2D eigenvalue weighted by Gasteiger charge is 2.42. The number of hydrogen-bond acceptors (Lipinski definition) is 7. The summed E-state index contributed by atoms with van der Waals surface area (Å²) < 4.78 is 46.4. The number of aromatic nitrogens is 7. The van der Waals surface area contributed by atoms with Gasteiger partial charge in [0.05, 0.1) is 16.8 Å². The molecule has 0 unspecified atom stereocenters. The van der Waals surface area contributed by atoms with Crippen molar-refractivity contribution in [2.24, 2.45) is 0 Å². The second-order valence-corrected chi connectivity index (χ2v) is 9.52. The number of pyridine rings is 1. The summed E-state index contributed by atoms with van der Waals surface area (Å²) in [5.41, 5.74) is 0.202. The Labute approximate surface area is 227 Å². The van der Waals surface area contributed by atoms with Gasteiger partial charge in [-0.2, -0.15) is 9.07 Å². The molecule has 0 radical (unpaired) electrons. The van der Waals surface area contributed by atoms with Crippen molar-refractivity contribution in [3.05, 3.63) is 70.8 Å². The predicted molar refractivity (Wildman–Crippen MR) is 133 cm³/mol. The van der Waals surface area contributed by atoms with Gasteiger partial charge in [0.1, 0.15) is 17.8 Å². The number of rotatable bonds is 5.